The molecule has 1 heterocycles. The number of carboxylic acid groups (broad SMARTS) is 1. The van der Waals surface area contributed by atoms with Crippen molar-refractivity contribution in [1.29, 1.82) is 0 Å². The Kier molecular flexibility index (Phi) is 3.24. The standard InChI is InChI=1S/C11H11N3O3S/c1-14-8-3-2-6(10(16)17)4-7(8)13-11(14)18-5-9(12)15/h2-4H,5H2,1H3,(H2,12,15)(H,16,17). The van der Waals surface area contributed by atoms with E-state index in [0.29, 0.717) is 10.7 Å². The predicted octanol–water partition coefficient (Wildman–Crippen LogP) is 0.849. The van der Waals surface area contributed by atoms with Crippen molar-refractivity contribution in [3.63, 3.8) is 0 Å². The summed E-state index contributed by atoms with van der Waals surface area (Å²) in [5.41, 5.74) is 6.66. The van der Waals surface area contributed by atoms with Crippen molar-refractivity contribution < 1.29 is 14.7 Å². The number of carboxylic acids is 1. The third-order valence-corrected chi connectivity index (χ3v) is 3.48. The van der Waals surface area contributed by atoms with Crippen LogP contribution < -0.4 is 5.73 Å². The fourth-order valence-corrected chi connectivity index (χ4v) is 2.30. The van der Waals surface area contributed by atoms with Gasteiger partial charge >= 0.3 is 5.97 Å². The number of aromatic carboxylic acids is 1. The molecule has 0 spiro atoms. The number of fused-ring (bicyclic) bond motifs is 1. The van der Waals surface area contributed by atoms with Crippen molar-refractivity contribution in [3.05, 3.63) is 23.8 Å². The summed E-state index contributed by atoms with van der Waals surface area (Å²) in [6.45, 7) is 0. The van der Waals surface area contributed by atoms with E-state index in [9.17, 15) is 9.59 Å². The maximum Gasteiger partial charge on any atom is 0.335 e. The molecule has 94 valence electrons. The lowest BCUT2D eigenvalue weighted by Gasteiger charge is -1.99. The predicted molar refractivity (Wildman–Crippen MR) is 67.6 cm³/mol. The van der Waals surface area contributed by atoms with Gasteiger partial charge in [-0.25, -0.2) is 9.78 Å². The zero-order valence-electron chi connectivity index (χ0n) is 9.58. The highest BCUT2D eigenvalue weighted by Gasteiger charge is 2.11. The van der Waals surface area contributed by atoms with Gasteiger partial charge in [-0.1, -0.05) is 11.8 Å². The summed E-state index contributed by atoms with van der Waals surface area (Å²) >= 11 is 1.23. The van der Waals surface area contributed by atoms with E-state index in [2.05, 4.69) is 4.98 Å². The van der Waals surface area contributed by atoms with Crippen molar-refractivity contribution in [3.8, 4) is 0 Å². The van der Waals surface area contributed by atoms with E-state index in [1.807, 2.05) is 0 Å². The number of carbonyl (C=O) groups is 2. The number of hydrogen-bond donors (Lipinski definition) is 2. The van der Waals surface area contributed by atoms with Crippen LogP contribution in [0.2, 0.25) is 0 Å². The summed E-state index contributed by atoms with van der Waals surface area (Å²) in [4.78, 5) is 25.9. The first-order valence-corrected chi connectivity index (χ1v) is 6.08. The number of amides is 1. The van der Waals surface area contributed by atoms with Gasteiger partial charge in [-0.3, -0.25) is 4.79 Å². The Balaban J connectivity index is 2.42. The minimum absolute atomic E-state index is 0.142. The Morgan fingerprint density at radius 2 is 2.22 bits per heavy atom. The molecule has 6 nitrogen and oxygen atoms in total. The number of primary amides is 1. The zero-order valence-corrected chi connectivity index (χ0v) is 10.4. The molecule has 0 saturated carbocycles. The monoisotopic (exact) mass is 265 g/mol. The number of nitrogens with zero attached hydrogens (tertiary/aromatic N) is 2. The smallest absolute Gasteiger partial charge is 0.335 e. The summed E-state index contributed by atoms with van der Waals surface area (Å²) in [5.74, 6) is -1.27. The van der Waals surface area contributed by atoms with E-state index in [4.69, 9.17) is 10.8 Å². The normalized spacial score (nSPS) is 10.7. The van der Waals surface area contributed by atoms with Crippen LogP contribution in [0, 0.1) is 0 Å². The number of rotatable bonds is 4. The molecule has 0 aliphatic carbocycles. The van der Waals surface area contributed by atoms with Gasteiger partial charge in [0, 0.05) is 7.05 Å². The molecule has 3 N–H and O–H groups in total. The molecule has 1 aromatic heterocycles. The van der Waals surface area contributed by atoms with Crippen LogP contribution in [0.25, 0.3) is 11.0 Å². The number of imidazole rings is 1. The molecule has 0 aliphatic rings. The van der Waals surface area contributed by atoms with Crippen LogP contribution in [-0.4, -0.2) is 32.3 Å². The fraction of sp³-hybridized carbons (Fsp3) is 0.182. The number of nitrogens with two attached hydrogens (primary N) is 1. The molecule has 0 unspecified atom stereocenters. The van der Waals surface area contributed by atoms with Crippen molar-refractivity contribution in [2.24, 2.45) is 12.8 Å². The topological polar surface area (TPSA) is 98.2 Å². The molecule has 0 bridgehead atoms. The van der Waals surface area contributed by atoms with E-state index in [1.54, 1.807) is 17.7 Å². The van der Waals surface area contributed by atoms with Crippen LogP contribution in [0.4, 0.5) is 0 Å². The quantitative estimate of drug-likeness (QED) is 0.798. The van der Waals surface area contributed by atoms with Crippen molar-refractivity contribution in [2.75, 3.05) is 5.75 Å². The highest BCUT2D eigenvalue weighted by molar-refractivity contribution is 7.99. The van der Waals surface area contributed by atoms with Crippen LogP contribution in [0.5, 0.6) is 0 Å². The van der Waals surface area contributed by atoms with Gasteiger partial charge in [-0.2, -0.15) is 0 Å². The molecule has 0 saturated heterocycles. The first kappa shape index (κ1) is 12.4. The van der Waals surface area contributed by atoms with Crippen LogP contribution in [0.15, 0.2) is 23.4 Å². The molecule has 1 amide bonds. The van der Waals surface area contributed by atoms with Crippen molar-refractivity contribution in [1.82, 2.24) is 9.55 Å². The van der Waals surface area contributed by atoms with Gasteiger partial charge in [0.25, 0.3) is 0 Å². The molecule has 0 fully saturated rings. The second kappa shape index (κ2) is 4.69. The molecule has 1 aromatic carbocycles. The van der Waals surface area contributed by atoms with Gasteiger partial charge < -0.3 is 15.4 Å². The van der Waals surface area contributed by atoms with Gasteiger partial charge in [0.2, 0.25) is 5.91 Å². The lowest BCUT2D eigenvalue weighted by molar-refractivity contribution is -0.115. The Labute approximate surface area is 107 Å². The van der Waals surface area contributed by atoms with Gasteiger partial charge in [0.05, 0.1) is 22.3 Å². The number of carbonyl (C=O) groups excluding carboxylic acids is 1. The van der Waals surface area contributed by atoms with Crippen molar-refractivity contribution in [2.45, 2.75) is 5.16 Å². The average molecular weight is 265 g/mol. The molecule has 2 rings (SSSR count). The number of hydrogen-bond acceptors (Lipinski definition) is 4. The molecule has 2 aromatic rings. The van der Waals surface area contributed by atoms with Crippen molar-refractivity contribution >= 4 is 34.7 Å². The number of benzene rings is 1. The zero-order chi connectivity index (χ0) is 13.3. The molecule has 18 heavy (non-hydrogen) atoms. The fourth-order valence-electron chi connectivity index (χ4n) is 1.58. The van der Waals surface area contributed by atoms with Gasteiger partial charge in [-0.15, -0.1) is 0 Å². The van der Waals surface area contributed by atoms with Crippen LogP contribution in [0.3, 0.4) is 0 Å². The molecule has 7 heteroatoms. The van der Waals surface area contributed by atoms with Crippen LogP contribution in [-0.2, 0) is 11.8 Å². The second-order valence-electron chi connectivity index (χ2n) is 3.72. The van der Waals surface area contributed by atoms with Gasteiger partial charge in [0.1, 0.15) is 0 Å². The average Bonchev–Trinajstić information content (AvgIpc) is 2.63. The summed E-state index contributed by atoms with van der Waals surface area (Å²) in [7, 11) is 1.80. The Morgan fingerprint density at radius 3 is 2.83 bits per heavy atom. The molecule has 0 radical (unpaired) electrons. The Hall–Kier alpha value is -2.02. The highest BCUT2D eigenvalue weighted by atomic mass is 32.2. The lowest BCUT2D eigenvalue weighted by Crippen LogP contribution is -2.13. The second-order valence-corrected chi connectivity index (χ2v) is 4.66. The number of aromatic nitrogens is 2. The third kappa shape index (κ3) is 2.30. The van der Waals surface area contributed by atoms with E-state index >= 15 is 0 Å². The summed E-state index contributed by atoms with van der Waals surface area (Å²) in [6.07, 6.45) is 0. The Morgan fingerprint density at radius 1 is 1.50 bits per heavy atom. The minimum Gasteiger partial charge on any atom is -0.478 e. The largest absolute Gasteiger partial charge is 0.478 e. The maximum atomic E-state index is 10.9. The SMILES string of the molecule is Cn1c(SCC(N)=O)nc2cc(C(=O)O)ccc21. The van der Waals surface area contributed by atoms with E-state index in [1.165, 1.54) is 23.9 Å². The molecule has 0 aliphatic heterocycles. The molecule has 0 atom stereocenters. The highest BCUT2D eigenvalue weighted by Crippen LogP contribution is 2.23. The summed E-state index contributed by atoms with van der Waals surface area (Å²) < 4.78 is 1.80. The number of aryl methyl sites for hydroxylation is 1. The van der Waals surface area contributed by atoms with E-state index in [0.717, 1.165) is 5.52 Å². The van der Waals surface area contributed by atoms with Crippen LogP contribution in [0.1, 0.15) is 10.4 Å². The van der Waals surface area contributed by atoms with E-state index < -0.39 is 11.9 Å². The van der Waals surface area contributed by atoms with Gasteiger partial charge in [-0.05, 0) is 18.2 Å². The van der Waals surface area contributed by atoms with Gasteiger partial charge in [0.15, 0.2) is 5.16 Å². The van der Waals surface area contributed by atoms with E-state index in [-0.39, 0.29) is 11.3 Å². The summed E-state index contributed by atoms with van der Waals surface area (Å²) in [6, 6.07) is 4.72. The summed E-state index contributed by atoms with van der Waals surface area (Å²) in [5, 5.41) is 9.53. The maximum absolute atomic E-state index is 10.9. The first-order chi connectivity index (χ1) is 8.49. The first-order valence-electron chi connectivity index (χ1n) is 5.10. The third-order valence-electron chi connectivity index (χ3n) is 2.43. The minimum atomic E-state index is -0.992. The number of thioether (sulfide) groups is 1. The molecular formula is C11H11N3O3S. The van der Waals surface area contributed by atoms with Crippen LogP contribution >= 0.6 is 11.8 Å². The lowest BCUT2D eigenvalue weighted by atomic mass is 10.2. The molecular weight excluding hydrogens is 254 g/mol. The Bertz CT molecular complexity index is 636.